The molecule has 7 heavy (non-hydrogen) atoms. The lowest BCUT2D eigenvalue weighted by atomic mass is 9.89. The predicted octanol–water partition coefficient (Wildman–Crippen LogP) is -0.0895. The standard InChI is InChI=1S/C4H11BNO/c1-3-4-6-5(2)7/h3,6-7H,4H2,1-2H3. The molecule has 0 heterocycles. The highest BCUT2D eigenvalue weighted by atomic mass is 16.2. The summed E-state index contributed by atoms with van der Waals surface area (Å²) in [4.78, 5) is 0. The van der Waals surface area contributed by atoms with Gasteiger partial charge in [-0.15, -0.1) is 0 Å². The molecule has 2 N–H and O–H groups in total. The van der Waals surface area contributed by atoms with E-state index < -0.39 is 0 Å². The topological polar surface area (TPSA) is 32.3 Å². The Bertz CT molecular complexity index is 40.7. The lowest BCUT2D eigenvalue weighted by molar-refractivity contribution is 0.559. The molecule has 0 aliphatic rings. The Morgan fingerprint density at radius 2 is 2.43 bits per heavy atom. The van der Waals surface area contributed by atoms with Crippen LogP contribution in [0.2, 0.25) is 6.82 Å². The Labute approximate surface area is 45.1 Å². The van der Waals surface area contributed by atoms with E-state index in [9.17, 15) is 0 Å². The number of hydrogen-bond acceptors (Lipinski definition) is 2. The molecule has 41 valence electrons. The minimum atomic E-state index is -0.379. The maximum absolute atomic E-state index is 8.55. The van der Waals surface area contributed by atoms with Crippen molar-refractivity contribution in [3.05, 3.63) is 6.42 Å². The molecule has 0 saturated heterocycles. The van der Waals surface area contributed by atoms with E-state index in [1.165, 1.54) is 0 Å². The van der Waals surface area contributed by atoms with E-state index in [0.29, 0.717) is 0 Å². The molecule has 0 bridgehead atoms. The van der Waals surface area contributed by atoms with Gasteiger partial charge in [-0.3, -0.25) is 0 Å². The first-order chi connectivity index (χ1) is 3.27. The van der Waals surface area contributed by atoms with E-state index >= 15 is 0 Å². The summed E-state index contributed by atoms with van der Waals surface area (Å²) < 4.78 is 0. The van der Waals surface area contributed by atoms with Gasteiger partial charge >= 0.3 is 7.05 Å². The van der Waals surface area contributed by atoms with Gasteiger partial charge in [-0.05, 0) is 19.8 Å². The molecule has 0 unspecified atom stereocenters. The second-order valence-electron chi connectivity index (χ2n) is 1.49. The average molecular weight is 99.9 g/mol. The fourth-order valence-corrected chi connectivity index (χ4v) is 0.288. The Morgan fingerprint density at radius 3 is 2.57 bits per heavy atom. The van der Waals surface area contributed by atoms with Crippen molar-refractivity contribution in [2.75, 3.05) is 6.54 Å². The van der Waals surface area contributed by atoms with Gasteiger partial charge in [-0.25, -0.2) is 0 Å². The SMILES string of the molecule is C[CH]CNB(C)O. The van der Waals surface area contributed by atoms with Crippen LogP contribution in [0, 0.1) is 6.42 Å². The van der Waals surface area contributed by atoms with E-state index in [2.05, 4.69) is 5.23 Å². The van der Waals surface area contributed by atoms with Crippen LogP contribution in [0.15, 0.2) is 0 Å². The quantitative estimate of drug-likeness (QED) is 0.485. The third kappa shape index (κ3) is 5.98. The molecule has 0 aliphatic heterocycles. The van der Waals surface area contributed by atoms with Gasteiger partial charge in [0, 0.05) is 0 Å². The number of hydrogen-bond donors (Lipinski definition) is 2. The highest BCUT2D eigenvalue weighted by molar-refractivity contribution is 6.45. The van der Waals surface area contributed by atoms with E-state index in [1.54, 1.807) is 6.82 Å². The second kappa shape index (κ2) is 4.15. The molecule has 0 aliphatic carbocycles. The largest absolute Gasteiger partial charge is 0.437 e. The molecular weight excluding hydrogens is 88.9 g/mol. The monoisotopic (exact) mass is 100 g/mol. The van der Waals surface area contributed by atoms with Crippen molar-refractivity contribution < 1.29 is 5.02 Å². The van der Waals surface area contributed by atoms with Crippen LogP contribution in [-0.4, -0.2) is 18.6 Å². The number of rotatable bonds is 3. The molecule has 2 nitrogen and oxygen atoms in total. The fourth-order valence-electron chi connectivity index (χ4n) is 0.288. The van der Waals surface area contributed by atoms with Gasteiger partial charge in [0.15, 0.2) is 0 Å². The van der Waals surface area contributed by atoms with Crippen molar-refractivity contribution in [1.29, 1.82) is 0 Å². The molecule has 0 atom stereocenters. The van der Waals surface area contributed by atoms with E-state index in [0.717, 1.165) is 6.54 Å². The summed E-state index contributed by atoms with van der Waals surface area (Å²) in [5.74, 6) is 0. The third-order valence-corrected chi connectivity index (χ3v) is 0.617. The Balaban J connectivity index is 2.68. The molecule has 0 saturated carbocycles. The average Bonchev–Trinajstić information content (AvgIpc) is 1.61. The first-order valence-corrected chi connectivity index (χ1v) is 2.46. The fraction of sp³-hybridized carbons (Fsp3) is 0.750. The third-order valence-electron chi connectivity index (χ3n) is 0.617. The molecule has 0 aromatic rings. The van der Waals surface area contributed by atoms with Gasteiger partial charge in [0.2, 0.25) is 0 Å². The summed E-state index contributed by atoms with van der Waals surface area (Å²) in [6.45, 7) is 4.41. The van der Waals surface area contributed by atoms with E-state index in [-0.39, 0.29) is 7.05 Å². The molecular formula is C4H11BNO. The molecule has 3 heteroatoms. The zero-order chi connectivity index (χ0) is 5.70. The molecule has 0 rings (SSSR count). The van der Waals surface area contributed by atoms with Crippen molar-refractivity contribution in [2.45, 2.75) is 13.7 Å². The van der Waals surface area contributed by atoms with E-state index in [4.69, 9.17) is 5.02 Å². The maximum Gasteiger partial charge on any atom is 0.373 e. The number of nitrogens with one attached hydrogen (secondary N) is 1. The van der Waals surface area contributed by atoms with Crippen LogP contribution in [0.25, 0.3) is 0 Å². The van der Waals surface area contributed by atoms with Gasteiger partial charge in [0.25, 0.3) is 0 Å². The van der Waals surface area contributed by atoms with Gasteiger partial charge in [-0.2, -0.15) is 0 Å². The van der Waals surface area contributed by atoms with Crippen LogP contribution in [0.5, 0.6) is 0 Å². The molecule has 0 amide bonds. The Morgan fingerprint density at radius 1 is 1.86 bits per heavy atom. The second-order valence-corrected chi connectivity index (χ2v) is 1.49. The minimum absolute atomic E-state index is 0.379. The Kier molecular flexibility index (Phi) is 4.14. The molecule has 0 fully saturated rings. The zero-order valence-electron chi connectivity index (χ0n) is 4.81. The summed E-state index contributed by atoms with van der Waals surface area (Å²) in [6, 6.07) is 0. The first-order valence-electron chi connectivity index (χ1n) is 2.46. The molecule has 1 radical (unpaired) electrons. The summed E-state index contributed by atoms with van der Waals surface area (Å²) in [5, 5.41) is 11.3. The normalized spacial score (nSPS) is 9.00. The van der Waals surface area contributed by atoms with Crippen LogP contribution < -0.4 is 5.23 Å². The molecule has 0 aromatic carbocycles. The van der Waals surface area contributed by atoms with Gasteiger partial charge in [-0.1, -0.05) is 6.92 Å². The van der Waals surface area contributed by atoms with Gasteiger partial charge < -0.3 is 10.3 Å². The zero-order valence-corrected chi connectivity index (χ0v) is 4.81. The summed E-state index contributed by atoms with van der Waals surface area (Å²) in [5.41, 5.74) is 0. The lowest BCUT2D eigenvalue weighted by Gasteiger charge is -1.97. The van der Waals surface area contributed by atoms with Crippen molar-refractivity contribution in [3.63, 3.8) is 0 Å². The summed E-state index contributed by atoms with van der Waals surface area (Å²) in [6.07, 6.45) is 1.95. The van der Waals surface area contributed by atoms with Crippen molar-refractivity contribution in [3.8, 4) is 0 Å². The van der Waals surface area contributed by atoms with Gasteiger partial charge in [0.05, 0.1) is 0 Å². The predicted molar refractivity (Wildman–Crippen MR) is 31.8 cm³/mol. The van der Waals surface area contributed by atoms with Crippen molar-refractivity contribution in [1.82, 2.24) is 5.23 Å². The van der Waals surface area contributed by atoms with Crippen LogP contribution in [0.3, 0.4) is 0 Å². The van der Waals surface area contributed by atoms with Gasteiger partial charge in [0.1, 0.15) is 0 Å². The summed E-state index contributed by atoms with van der Waals surface area (Å²) in [7, 11) is -0.379. The molecule has 0 aromatic heterocycles. The van der Waals surface area contributed by atoms with Crippen LogP contribution in [-0.2, 0) is 0 Å². The first kappa shape index (κ1) is 6.98. The summed E-state index contributed by atoms with van der Waals surface area (Å²) >= 11 is 0. The lowest BCUT2D eigenvalue weighted by Crippen LogP contribution is -2.30. The molecule has 0 spiro atoms. The van der Waals surface area contributed by atoms with Crippen LogP contribution in [0.1, 0.15) is 6.92 Å². The van der Waals surface area contributed by atoms with Crippen LogP contribution in [0.4, 0.5) is 0 Å². The highest BCUT2D eigenvalue weighted by Crippen LogP contribution is 1.68. The Hall–Kier alpha value is -0.0151. The van der Waals surface area contributed by atoms with Crippen molar-refractivity contribution >= 4 is 7.05 Å². The highest BCUT2D eigenvalue weighted by Gasteiger charge is 1.96. The van der Waals surface area contributed by atoms with Crippen LogP contribution >= 0.6 is 0 Å². The van der Waals surface area contributed by atoms with E-state index in [1.807, 2.05) is 13.3 Å². The maximum atomic E-state index is 8.55. The smallest absolute Gasteiger partial charge is 0.373 e. The minimum Gasteiger partial charge on any atom is -0.437 e. The van der Waals surface area contributed by atoms with Crippen molar-refractivity contribution in [2.24, 2.45) is 0 Å².